The lowest BCUT2D eigenvalue weighted by Crippen LogP contribution is -2.42. The molecule has 1 heterocycles. The number of carbonyl (C=O) groups excluding carboxylic acids is 1. The topological polar surface area (TPSA) is 64.4 Å². The number of hydrogen-bond acceptors (Lipinski definition) is 3. The molecule has 0 saturated heterocycles. The third-order valence-electron chi connectivity index (χ3n) is 3.60. The van der Waals surface area contributed by atoms with Crippen molar-refractivity contribution in [1.29, 1.82) is 0 Å². The van der Waals surface area contributed by atoms with E-state index in [2.05, 4.69) is 11.4 Å². The second-order valence-electron chi connectivity index (χ2n) is 5.34. The van der Waals surface area contributed by atoms with Crippen LogP contribution in [0.2, 0.25) is 0 Å². The minimum Gasteiger partial charge on any atom is -0.491 e. The molecule has 4 heteroatoms. The molecular formula is C16H24N2O2. The van der Waals surface area contributed by atoms with Gasteiger partial charge in [0.25, 0.3) is 0 Å². The largest absolute Gasteiger partial charge is 0.491 e. The van der Waals surface area contributed by atoms with E-state index >= 15 is 0 Å². The molecule has 0 radical (unpaired) electrons. The minimum atomic E-state index is 0.0986. The molecule has 1 atom stereocenters. The van der Waals surface area contributed by atoms with Crippen LogP contribution >= 0.6 is 0 Å². The fourth-order valence-electron chi connectivity index (χ4n) is 2.50. The van der Waals surface area contributed by atoms with Gasteiger partial charge in [-0.25, -0.2) is 0 Å². The summed E-state index contributed by atoms with van der Waals surface area (Å²) in [6, 6.07) is 8.11. The second-order valence-corrected chi connectivity index (χ2v) is 5.34. The summed E-state index contributed by atoms with van der Waals surface area (Å²) in [4.78, 5) is 11.9. The number of fused-ring (bicyclic) bond motifs is 1. The number of benzene rings is 1. The van der Waals surface area contributed by atoms with Crippen molar-refractivity contribution in [1.82, 2.24) is 5.32 Å². The fourth-order valence-corrected chi connectivity index (χ4v) is 2.50. The molecule has 110 valence electrons. The summed E-state index contributed by atoms with van der Waals surface area (Å²) in [5.41, 5.74) is 6.61. The summed E-state index contributed by atoms with van der Waals surface area (Å²) in [5.74, 6) is 1.07. The Morgan fingerprint density at radius 3 is 2.90 bits per heavy atom. The molecule has 0 aromatic heterocycles. The van der Waals surface area contributed by atoms with Crippen LogP contribution in [-0.2, 0) is 11.2 Å². The van der Waals surface area contributed by atoms with E-state index in [1.165, 1.54) is 5.56 Å². The van der Waals surface area contributed by atoms with Gasteiger partial charge in [-0.3, -0.25) is 4.79 Å². The monoisotopic (exact) mass is 276 g/mol. The first-order chi connectivity index (χ1) is 9.79. The zero-order chi connectivity index (χ0) is 14.2. The van der Waals surface area contributed by atoms with Crippen molar-refractivity contribution in [3.05, 3.63) is 29.8 Å². The molecule has 0 fully saturated rings. The number of nitrogens with one attached hydrogen (secondary N) is 1. The molecule has 3 N–H and O–H groups in total. The van der Waals surface area contributed by atoms with Crippen LogP contribution in [0, 0.1) is 0 Å². The maximum Gasteiger partial charge on any atom is 0.220 e. The van der Waals surface area contributed by atoms with E-state index in [1.54, 1.807) is 0 Å². The Balaban J connectivity index is 1.68. The van der Waals surface area contributed by atoms with E-state index in [1.807, 2.05) is 18.2 Å². The molecule has 1 aromatic rings. The standard InChI is InChI=1S/C16H24N2O2/c17-10-6-2-1-3-9-16(19)18-14-11-13-7-4-5-8-15(13)20-12-14/h4-5,7-8,14H,1-3,6,9-12,17H2,(H,18,19). The van der Waals surface area contributed by atoms with Crippen molar-refractivity contribution in [2.24, 2.45) is 5.73 Å². The first kappa shape index (κ1) is 14.9. The smallest absolute Gasteiger partial charge is 0.220 e. The molecule has 1 aromatic carbocycles. The van der Waals surface area contributed by atoms with Crippen LogP contribution in [0.25, 0.3) is 0 Å². The van der Waals surface area contributed by atoms with Gasteiger partial charge in [0.2, 0.25) is 5.91 Å². The number of nitrogens with two attached hydrogens (primary N) is 1. The van der Waals surface area contributed by atoms with Gasteiger partial charge in [0, 0.05) is 6.42 Å². The normalized spacial score (nSPS) is 17.1. The fraction of sp³-hybridized carbons (Fsp3) is 0.562. The molecule has 1 unspecified atom stereocenters. The summed E-state index contributed by atoms with van der Waals surface area (Å²) in [6.07, 6.45) is 5.64. The van der Waals surface area contributed by atoms with Crippen molar-refractivity contribution in [3.8, 4) is 5.75 Å². The average Bonchev–Trinajstić information content (AvgIpc) is 2.47. The van der Waals surface area contributed by atoms with Gasteiger partial charge in [0.15, 0.2) is 0 Å². The van der Waals surface area contributed by atoms with Crippen molar-refractivity contribution < 1.29 is 9.53 Å². The van der Waals surface area contributed by atoms with Gasteiger partial charge in [-0.2, -0.15) is 0 Å². The molecule has 0 spiro atoms. The molecule has 1 aliphatic rings. The highest BCUT2D eigenvalue weighted by Gasteiger charge is 2.20. The number of carbonyl (C=O) groups is 1. The molecule has 0 bridgehead atoms. The Morgan fingerprint density at radius 1 is 1.25 bits per heavy atom. The third kappa shape index (κ3) is 4.53. The highest BCUT2D eigenvalue weighted by atomic mass is 16.5. The summed E-state index contributed by atoms with van der Waals surface area (Å²) in [6.45, 7) is 1.31. The summed E-state index contributed by atoms with van der Waals surface area (Å²) in [5, 5.41) is 3.06. The molecule has 4 nitrogen and oxygen atoms in total. The van der Waals surface area contributed by atoms with Gasteiger partial charge in [-0.05, 0) is 37.4 Å². The van der Waals surface area contributed by atoms with Crippen molar-refractivity contribution in [2.45, 2.75) is 44.6 Å². The lowest BCUT2D eigenvalue weighted by Gasteiger charge is -2.26. The van der Waals surface area contributed by atoms with Crippen LogP contribution < -0.4 is 15.8 Å². The van der Waals surface area contributed by atoms with Gasteiger partial charge in [-0.1, -0.05) is 31.0 Å². The molecular weight excluding hydrogens is 252 g/mol. The summed E-state index contributed by atoms with van der Waals surface area (Å²) >= 11 is 0. The van der Waals surface area contributed by atoms with Crippen LogP contribution in [0.3, 0.4) is 0 Å². The Hall–Kier alpha value is -1.55. The number of rotatable bonds is 7. The van der Waals surface area contributed by atoms with Crippen molar-refractivity contribution in [2.75, 3.05) is 13.2 Å². The Morgan fingerprint density at radius 2 is 2.05 bits per heavy atom. The third-order valence-corrected chi connectivity index (χ3v) is 3.60. The molecule has 0 saturated carbocycles. The lowest BCUT2D eigenvalue weighted by atomic mass is 10.0. The first-order valence-electron chi connectivity index (χ1n) is 7.49. The highest BCUT2D eigenvalue weighted by Crippen LogP contribution is 2.23. The van der Waals surface area contributed by atoms with E-state index in [-0.39, 0.29) is 11.9 Å². The van der Waals surface area contributed by atoms with Gasteiger partial charge in [0.1, 0.15) is 12.4 Å². The quantitative estimate of drug-likeness (QED) is 0.749. The van der Waals surface area contributed by atoms with Crippen LogP contribution in [0.4, 0.5) is 0 Å². The first-order valence-corrected chi connectivity index (χ1v) is 7.49. The van der Waals surface area contributed by atoms with E-state index in [9.17, 15) is 4.79 Å². The predicted molar refractivity (Wildman–Crippen MR) is 79.7 cm³/mol. The Kier molecular flexibility index (Phi) is 5.87. The maximum absolute atomic E-state index is 11.9. The summed E-state index contributed by atoms with van der Waals surface area (Å²) in [7, 11) is 0. The minimum absolute atomic E-state index is 0.0986. The van der Waals surface area contributed by atoms with Crippen LogP contribution in [0.5, 0.6) is 5.75 Å². The van der Waals surface area contributed by atoms with Gasteiger partial charge in [-0.15, -0.1) is 0 Å². The number of ether oxygens (including phenoxy) is 1. The van der Waals surface area contributed by atoms with Crippen molar-refractivity contribution in [3.63, 3.8) is 0 Å². The van der Waals surface area contributed by atoms with E-state index in [4.69, 9.17) is 10.5 Å². The van der Waals surface area contributed by atoms with Crippen LogP contribution in [0.15, 0.2) is 24.3 Å². The van der Waals surface area contributed by atoms with Gasteiger partial charge in [0.05, 0.1) is 6.04 Å². The van der Waals surface area contributed by atoms with Crippen LogP contribution in [-0.4, -0.2) is 25.1 Å². The Labute approximate surface area is 120 Å². The average molecular weight is 276 g/mol. The van der Waals surface area contributed by atoms with E-state index in [0.717, 1.165) is 44.4 Å². The van der Waals surface area contributed by atoms with E-state index < -0.39 is 0 Å². The number of unbranched alkanes of at least 4 members (excludes halogenated alkanes) is 3. The molecule has 2 rings (SSSR count). The van der Waals surface area contributed by atoms with E-state index in [0.29, 0.717) is 13.0 Å². The molecule has 20 heavy (non-hydrogen) atoms. The molecule has 1 amide bonds. The predicted octanol–water partition coefficient (Wildman–Crippen LogP) is 2.02. The zero-order valence-electron chi connectivity index (χ0n) is 11.9. The van der Waals surface area contributed by atoms with Gasteiger partial charge >= 0.3 is 0 Å². The SMILES string of the molecule is NCCCCCCC(=O)NC1COc2ccccc2C1. The maximum atomic E-state index is 11.9. The number of para-hydroxylation sites is 1. The summed E-state index contributed by atoms with van der Waals surface area (Å²) < 4.78 is 5.67. The highest BCUT2D eigenvalue weighted by molar-refractivity contribution is 5.76. The number of hydrogen-bond donors (Lipinski definition) is 2. The molecule has 0 aliphatic carbocycles. The number of amides is 1. The second kappa shape index (κ2) is 7.90. The lowest BCUT2D eigenvalue weighted by molar-refractivity contribution is -0.122. The zero-order valence-corrected chi connectivity index (χ0v) is 11.9. The molecule has 1 aliphatic heterocycles. The Bertz CT molecular complexity index is 434. The van der Waals surface area contributed by atoms with Gasteiger partial charge < -0.3 is 15.8 Å². The van der Waals surface area contributed by atoms with Crippen molar-refractivity contribution >= 4 is 5.91 Å². The van der Waals surface area contributed by atoms with Crippen LogP contribution in [0.1, 0.15) is 37.7 Å².